The Morgan fingerprint density at radius 2 is 1.21 bits per heavy atom. The Balaban J connectivity index is 0.000000648. The van der Waals surface area contributed by atoms with Gasteiger partial charge in [0.15, 0.2) is 11.5 Å². The average molecular weight is 549 g/mol. The number of hydrogen-bond acceptors (Lipinski definition) is 8. The summed E-state index contributed by atoms with van der Waals surface area (Å²) in [6.07, 6.45) is 0. The van der Waals surface area contributed by atoms with Gasteiger partial charge in [-0.2, -0.15) is 18.6 Å². The molecule has 5 rings (SSSR count). The Morgan fingerprint density at radius 1 is 0.744 bits per heavy atom. The lowest BCUT2D eigenvalue weighted by Gasteiger charge is -2.04. The summed E-state index contributed by atoms with van der Waals surface area (Å²) in [5.74, 6) is 0.991. The predicted octanol–water partition coefficient (Wildman–Crippen LogP) is 5.52. The first-order valence-corrected chi connectivity index (χ1v) is 12.9. The van der Waals surface area contributed by atoms with Crippen molar-refractivity contribution in [1.82, 2.24) is 5.43 Å². The third-order valence-electron chi connectivity index (χ3n) is 5.39. The third-order valence-corrected chi connectivity index (χ3v) is 5.39. The Morgan fingerprint density at radius 3 is 1.69 bits per heavy atom. The molecule has 0 aliphatic rings. The number of carbonyl (C=O) groups excluding carboxylic acids is 1. The summed E-state index contributed by atoms with van der Waals surface area (Å²) in [6.45, 7) is 3.65. The van der Waals surface area contributed by atoms with Crippen LogP contribution in [-0.4, -0.2) is 34.9 Å². The maximum Gasteiger partial charge on any atom is 0.394 e. The van der Waals surface area contributed by atoms with Crippen molar-refractivity contribution in [3.8, 4) is 0 Å². The van der Waals surface area contributed by atoms with Gasteiger partial charge in [0, 0.05) is 16.3 Å². The third kappa shape index (κ3) is 7.61. The summed E-state index contributed by atoms with van der Waals surface area (Å²) >= 11 is 0. The van der Waals surface area contributed by atoms with Gasteiger partial charge in [-0.15, -0.1) is 0 Å². The van der Waals surface area contributed by atoms with E-state index in [2.05, 4.69) is 21.1 Å². The molecule has 0 unspecified atom stereocenters. The molecule has 0 saturated carbocycles. The lowest BCUT2D eigenvalue weighted by molar-refractivity contribution is 0.0954. The van der Waals surface area contributed by atoms with Crippen molar-refractivity contribution in [1.29, 1.82) is 0 Å². The van der Waals surface area contributed by atoms with E-state index in [9.17, 15) is 4.79 Å². The fourth-order valence-electron chi connectivity index (χ4n) is 3.47. The highest BCUT2D eigenvalue weighted by molar-refractivity contribution is 7.79. The molecule has 0 aliphatic carbocycles. The van der Waals surface area contributed by atoms with E-state index in [1.165, 1.54) is 0 Å². The molecule has 200 valence electrons. The number of hydrogen-bond donors (Lipinski definition) is 4. The van der Waals surface area contributed by atoms with E-state index in [0.717, 1.165) is 27.6 Å². The van der Waals surface area contributed by atoms with E-state index >= 15 is 0 Å². The van der Waals surface area contributed by atoms with E-state index in [0.29, 0.717) is 28.5 Å². The first-order chi connectivity index (χ1) is 18.6. The predicted molar refractivity (Wildman–Crippen MR) is 149 cm³/mol. The van der Waals surface area contributed by atoms with Crippen molar-refractivity contribution in [2.24, 2.45) is 10.2 Å². The number of nitrogens with zero attached hydrogens (tertiary/aromatic N) is 2. The zero-order valence-corrected chi connectivity index (χ0v) is 21.6. The molecule has 39 heavy (non-hydrogen) atoms. The first-order valence-electron chi connectivity index (χ1n) is 11.5. The van der Waals surface area contributed by atoms with Gasteiger partial charge in [-0.05, 0) is 62.4 Å². The summed E-state index contributed by atoms with van der Waals surface area (Å²) in [6, 6.07) is 26.3. The standard InChI is InChI=1S/C27H22N4O3.H2O4S/c1-17(25-15-20-7-3-5-9-23(20)33-25)28-30-22-13-11-19(12-14-22)27(32)31-29-18(2)26-16-21-8-4-6-10-24(21)34-26;1-5(2,3)4/h3-16,30H,1-2H3,(H,31,32);(H2,1,2,3,4). The van der Waals surface area contributed by atoms with Crippen LogP contribution in [0, 0.1) is 0 Å². The molecular weight excluding hydrogens is 524 g/mol. The number of para-hydroxylation sites is 2. The molecular formula is C27H24N4O7S. The second-order valence-electron chi connectivity index (χ2n) is 8.27. The summed E-state index contributed by atoms with van der Waals surface area (Å²) in [7, 11) is -4.67. The van der Waals surface area contributed by atoms with Gasteiger partial charge in [0.05, 0.1) is 5.69 Å². The molecule has 0 spiro atoms. The van der Waals surface area contributed by atoms with Crippen molar-refractivity contribution in [3.05, 3.63) is 102 Å². The van der Waals surface area contributed by atoms with Crippen LogP contribution >= 0.6 is 0 Å². The molecule has 5 aromatic rings. The molecule has 1 amide bonds. The van der Waals surface area contributed by atoms with Crippen molar-refractivity contribution >= 4 is 55.4 Å². The van der Waals surface area contributed by atoms with E-state index in [1.807, 2.05) is 67.6 Å². The van der Waals surface area contributed by atoms with Crippen molar-refractivity contribution in [2.75, 3.05) is 5.43 Å². The molecule has 2 aromatic heterocycles. The number of fused-ring (bicyclic) bond motifs is 2. The minimum absolute atomic E-state index is 0.316. The Labute approximate surface area is 223 Å². The fourth-order valence-corrected chi connectivity index (χ4v) is 3.47. The highest BCUT2D eigenvalue weighted by Gasteiger charge is 2.09. The first kappa shape index (κ1) is 27.3. The van der Waals surface area contributed by atoms with Crippen LogP contribution in [0.25, 0.3) is 21.9 Å². The zero-order valence-electron chi connectivity index (χ0n) is 20.8. The summed E-state index contributed by atoms with van der Waals surface area (Å²) in [4.78, 5) is 12.5. The summed E-state index contributed by atoms with van der Waals surface area (Å²) in [5.41, 5.74) is 9.68. The van der Waals surface area contributed by atoms with Crippen LogP contribution in [0.3, 0.4) is 0 Å². The van der Waals surface area contributed by atoms with Gasteiger partial charge >= 0.3 is 10.4 Å². The number of nitrogens with one attached hydrogen (secondary N) is 2. The number of benzene rings is 3. The fraction of sp³-hybridized carbons (Fsp3) is 0.0741. The van der Waals surface area contributed by atoms with E-state index in [1.54, 1.807) is 31.2 Å². The minimum Gasteiger partial charge on any atom is -0.455 e. The highest BCUT2D eigenvalue weighted by atomic mass is 32.3. The van der Waals surface area contributed by atoms with Crippen molar-refractivity contribution in [3.63, 3.8) is 0 Å². The maximum absolute atomic E-state index is 12.5. The molecule has 0 atom stereocenters. The largest absolute Gasteiger partial charge is 0.455 e. The van der Waals surface area contributed by atoms with Crippen molar-refractivity contribution < 1.29 is 31.2 Å². The lowest BCUT2D eigenvalue weighted by atomic mass is 10.2. The molecule has 4 N–H and O–H groups in total. The molecule has 0 radical (unpaired) electrons. The molecule has 3 aromatic carbocycles. The van der Waals surface area contributed by atoms with E-state index < -0.39 is 10.4 Å². The Kier molecular flexibility index (Phi) is 8.20. The SMILES string of the molecule is CC(=NNC(=O)c1ccc(NN=C(C)c2cc3ccccc3o2)cc1)c1cc2ccccc2o1.O=S(=O)(O)O. The van der Waals surface area contributed by atoms with Gasteiger partial charge in [-0.3, -0.25) is 19.3 Å². The van der Waals surface area contributed by atoms with Gasteiger partial charge in [-0.1, -0.05) is 36.4 Å². The summed E-state index contributed by atoms with van der Waals surface area (Å²) < 4.78 is 43.2. The van der Waals surface area contributed by atoms with Crippen LogP contribution in [0.1, 0.15) is 35.7 Å². The van der Waals surface area contributed by atoms with Gasteiger partial charge in [0.25, 0.3) is 5.91 Å². The van der Waals surface area contributed by atoms with Gasteiger partial charge in [-0.25, -0.2) is 5.43 Å². The number of amides is 1. The van der Waals surface area contributed by atoms with Crippen LogP contribution in [-0.2, 0) is 10.4 Å². The number of carbonyl (C=O) groups is 1. The quantitative estimate of drug-likeness (QED) is 0.122. The minimum atomic E-state index is -4.67. The van der Waals surface area contributed by atoms with Crippen LogP contribution in [0.5, 0.6) is 0 Å². The molecule has 0 bridgehead atoms. The highest BCUT2D eigenvalue weighted by Crippen LogP contribution is 2.20. The number of hydrazone groups is 2. The smallest absolute Gasteiger partial charge is 0.394 e. The number of rotatable bonds is 6. The maximum atomic E-state index is 12.5. The van der Waals surface area contributed by atoms with Gasteiger partial charge < -0.3 is 8.83 Å². The molecule has 0 fully saturated rings. The molecule has 2 heterocycles. The second kappa shape index (κ2) is 11.7. The van der Waals surface area contributed by atoms with Crippen molar-refractivity contribution in [2.45, 2.75) is 13.8 Å². The van der Waals surface area contributed by atoms with E-state index in [4.69, 9.17) is 26.4 Å². The topological polar surface area (TPSA) is 167 Å². The van der Waals surface area contributed by atoms with Crippen LogP contribution in [0.15, 0.2) is 104 Å². The average Bonchev–Trinajstić information content (AvgIpc) is 3.54. The van der Waals surface area contributed by atoms with Crippen LogP contribution in [0.4, 0.5) is 5.69 Å². The molecule has 0 saturated heterocycles. The normalized spacial score (nSPS) is 12.2. The zero-order chi connectivity index (χ0) is 28.0. The molecule has 0 aliphatic heterocycles. The van der Waals surface area contributed by atoms with E-state index in [-0.39, 0.29) is 5.91 Å². The summed E-state index contributed by atoms with van der Waals surface area (Å²) in [5, 5.41) is 10.6. The Hall–Kier alpha value is -4.78. The number of anilines is 1. The van der Waals surface area contributed by atoms with Gasteiger partial charge in [0.1, 0.15) is 22.6 Å². The molecule has 11 nitrogen and oxygen atoms in total. The molecule has 12 heteroatoms. The Bertz CT molecular complexity index is 1710. The number of furan rings is 2. The van der Waals surface area contributed by atoms with Crippen LogP contribution < -0.4 is 10.9 Å². The van der Waals surface area contributed by atoms with Crippen LogP contribution in [0.2, 0.25) is 0 Å². The monoisotopic (exact) mass is 548 g/mol. The lowest BCUT2D eigenvalue weighted by Crippen LogP contribution is -2.19. The second-order valence-corrected chi connectivity index (χ2v) is 9.16. The van der Waals surface area contributed by atoms with Gasteiger partial charge in [0.2, 0.25) is 0 Å².